The van der Waals surface area contributed by atoms with Crippen LogP contribution in [-0.4, -0.2) is 23.6 Å². The molecule has 1 aromatic rings. The molecule has 0 aromatic heterocycles. The Morgan fingerprint density at radius 1 is 1.13 bits per heavy atom. The largest absolute Gasteiger partial charge is 0.478 e. The van der Waals surface area contributed by atoms with Crippen molar-refractivity contribution in [2.24, 2.45) is 0 Å². The molecule has 0 saturated heterocycles. The Labute approximate surface area is 85.8 Å². The average Bonchev–Trinajstić information content (AvgIpc) is 2.25. The number of hydrogen-bond acceptors (Lipinski definition) is 3. The fourth-order valence-electron chi connectivity index (χ4n) is 1.07. The van der Waals surface area contributed by atoms with Crippen molar-refractivity contribution in [3.63, 3.8) is 0 Å². The topological polar surface area (TPSA) is 71.4 Å². The van der Waals surface area contributed by atoms with E-state index in [0.29, 0.717) is 18.1 Å². The molecule has 0 bridgehead atoms. The van der Waals surface area contributed by atoms with E-state index in [2.05, 4.69) is 0 Å². The van der Waals surface area contributed by atoms with Crippen LogP contribution in [0.2, 0.25) is 0 Å². The van der Waals surface area contributed by atoms with Gasteiger partial charge in [0.05, 0.1) is 0 Å². The minimum atomic E-state index is -1.07. The zero-order chi connectivity index (χ0) is 11.3. The third-order valence-electron chi connectivity index (χ3n) is 1.78. The van der Waals surface area contributed by atoms with Crippen molar-refractivity contribution in [3.8, 4) is 0 Å². The summed E-state index contributed by atoms with van der Waals surface area (Å²) in [6.45, 7) is 0. The predicted octanol–water partition coefficient (Wildman–Crippen LogP) is 1.41. The Bertz CT molecular complexity index is 432. The van der Waals surface area contributed by atoms with Crippen molar-refractivity contribution in [3.05, 3.63) is 41.0 Å². The van der Waals surface area contributed by atoms with Gasteiger partial charge in [0.2, 0.25) is 0 Å². The molecule has 0 amide bonds. The van der Waals surface area contributed by atoms with Crippen molar-refractivity contribution in [1.82, 2.24) is 0 Å². The van der Waals surface area contributed by atoms with Crippen LogP contribution in [0.15, 0.2) is 24.3 Å². The van der Waals surface area contributed by atoms with Gasteiger partial charge in [0.25, 0.3) is 0 Å². The van der Waals surface area contributed by atoms with Crippen LogP contribution in [0.25, 0.3) is 6.08 Å². The molecule has 0 saturated carbocycles. The van der Waals surface area contributed by atoms with Crippen LogP contribution in [0, 0.1) is 0 Å². The lowest BCUT2D eigenvalue weighted by molar-refractivity contribution is -0.131. The highest BCUT2D eigenvalue weighted by Gasteiger charge is 2.00. The molecule has 0 aliphatic carbocycles. The molecule has 0 fully saturated rings. The number of carboxylic acid groups (broad SMARTS) is 1. The maximum atomic E-state index is 10.6. The SMILES string of the molecule is O=Cc1ccc(/C=C/C(=O)O)cc1C=O. The number of carbonyl (C=O) groups is 3. The molecule has 0 radical (unpaired) electrons. The van der Waals surface area contributed by atoms with E-state index in [-0.39, 0.29) is 11.1 Å². The predicted molar refractivity (Wildman–Crippen MR) is 53.9 cm³/mol. The molecule has 0 aliphatic heterocycles. The number of benzene rings is 1. The van der Waals surface area contributed by atoms with Crippen molar-refractivity contribution in [2.45, 2.75) is 0 Å². The number of carboxylic acids is 1. The van der Waals surface area contributed by atoms with Gasteiger partial charge in [0, 0.05) is 17.2 Å². The normalized spacial score (nSPS) is 10.1. The molecular weight excluding hydrogens is 196 g/mol. The molecule has 1 aromatic carbocycles. The van der Waals surface area contributed by atoms with Gasteiger partial charge in [-0.15, -0.1) is 0 Å². The number of aldehydes is 2. The molecule has 4 heteroatoms. The van der Waals surface area contributed by atoms with Gasteiger partial charge in [0.1, 0.15) is 0 Å². The zero-order valence-corrected chi connectivity index (χ0v) is 7.71. The van der Waals surface area contributed by atoms with Gasteiger partial charge in [-0.05, 0) is 17.7 Å². The molecule has 0 atom stereocenters. The second kappa shape index (κ2) is 4.85. The highest BCUT2D eigenvalue weighted by molar-refractivity contribution is 5.92. The first-order chi connectivity index (χ1) is 7.17. The van der Waals surface area contributed by atoms with Crippen molar-refractivity contribution < 1.29 is 19.5 Å². The Morgan fingerprint density at radius 2 is 1.80 bits per heavy atom. The quantitative estimate of drug-likeness (QED) is 0.594. The third kappa shape index (κ3) is 2.87. The third-order valence-corrected chi connectivity index (χ3v) is 1.78. The van der Waals surface area contributed by atoms with Crippen LogP contribution >= 0.6 is 0 Å². The summed E-state index contributed by atoms with van der Waals surface area (Å²) in [6, 6.07) is 4.49. The number of aliphatic carboxylic acids is 1. The van der Waals surface area contributed by atoms with E-state index in [1.165, 1.54) is 18.2 Å². The summed E-state index contributed by atoms with van der Waals surface area (Å²) in [6.07, 6.45) is 3.45. The standard InChI is InChI=1S/C11H8O4/c12-6-9-3-1-8(2-4-11(14)15)5-10(9)7-13/h1-7H,(H,14,15)/b4-2+. The Balaban J connectivity index is 3.08. The van der Waals surface area contributed by atoms with E-state index in [4.69, 9.17) is 5.11 Å². The van der Waals surface area contributed by atoms with Crippen molar-refractivity contribution in [2.75, 3.05) is 0 Å². The van der Waals surface area contributed by atoms with Gasteiger partial charge in [0.15, 0.2) is 12.6 Å². The van der Waals surface area contributed by atoms with Crippen LogP contribution < -0.4 is 0 Å². The monoisotopic (exact) mass is 204 g/mol. The summed E-state index contributed by atoms with van der Waals surface area (Å²) in [5, 5.41) is 8.39. The number of hydrogen-bond donors (Lipinski definition) is 1. The lowest BCUT2D eigenvalue weighted by atomic mass is 10.1. The second-order valence-electron chi connectivity index (χ2n) is 2.80. The Kier molecular flexibility index (Phi) is 3.51. The molecule has 0 unspecified atom stereocenters. The fraction of sp³-hybridized carbons (Fsp3) is 0. The molecule has 0 aliphatic rings. The van der Waals surface area contributed by atoms with Crippen LogP contribution in [0.1, 0.15) is 26.3 Å². The number of carbonyl (C=O) groups excluding carboxylic acids is 2. The van der Waals surface area contributed by atoms with Crippen molar-refractivity contribution in [1.29, 1.82) is 0 Å². The summed E-state index contributed by atoms with van der Waals surface area (Å²) in [5.41, 5.74) is 1.10. The van der Waals surface area contributed by atoms with E-state index >= 15 is 0 Å². The summed E-state index contributed by atoms with van der Waals surface area (Å²) < 4.78 is 0. The molecule has 1 rings (SSSR count). The molecule has 76 valence electrons. The zero-order valence-electron chi connectivity index (χ0n) is 7.71. The molecule has 0 heterocycles. The summed E-state index contributed by atoms with van der Waals surface area (Å²) in [5.74, 6) is -1.07. The molecule has 4 nitrogen and oxygen atoms in total. The van der Waals surface area contributed by atoms with E-state index in [9.17, 15) is 14.4 Å². The maximum Gasteiger partial charge on any atom is 0.328 e. The Hall–Kier alpha value is -2.23. The summed E-state index contributed by atoms with van der Waals surface area (Å²) in [7, 11) is 0. The molecular formula is C11H8O4. The van der Waals surface area contributed by atoms with Crippen LogP contribution in [0.3, 0.4) is 0 Å². The number of rotatable bonds is 4. The van der Waals surface area contributed by atoms with Gasteiger partial charge >= 0.3 is 5.97 Å². The first-order valence-corrected chi connectivity index (χ1v) is 4.13. The van der Waals surface area contributed by atoms with E-state index < -0.39 is 5.97 Å². The van der Waals surface area contributed by atoms with Crippen LogP contribution in [-0.2, 0) is 4.79 Å². The molecule has 0 spiro atoms. The van der Waals surface area contributed by atoms with Gasteiger partial charge in [-0.1, -0.05) is 12.1 Å². The minimum Gasteiger partial charge on any atom is -0.478 e. The Morgan fingerprint density at radius 3 is 2.33 bits per heavy atom. The highest BCUT2D eigenvalue weighted by atomic mass is 16.4. The van der Waals surface area contributed by atoms with Gasteiger partial charge in [-0.2, -0.15) is 0 Å². The van der Waals surface area contributed by atoms with Crippen LogP contribution in [0.5, 0.6) is 0 Å². The van der Waals surface area contributed by atoms with E-state index in [0.717, 1.165) is 6.08 Å². The molecule has 15 heavy (non-hydrogen) atoms. The van der Waals surface area contributed by atoms with Gasteiger partial charge in [-0.3, -0.25) is 9.59 Å². The van der Waals surface area contributed by atoms with E-state index in [1.807, 2.05) is 0 Å². The summed E-state index contributed by atoms with van der Waals surface area (Å²) in [4.78, 5) is 31.3. The fourth-order valence-corrected chi connectivity index (χ4v) is 1.07. The highest BCUT2D eigenvalue weighted by Crippen LogP contribution is 2.09. The van der Waals surface area contributed by atoms with Gasteiger partial charge < -0.3 is 5.11 Å². The first-order valence-electron chi connectivity index (χ1n) is 4.13. The minimum absolute atomic E-state index is 0.248. The van der Waals surface area contributed by atoms with Crippen LogP contribution in [0.4, 0.5) is 0 Å². The average molecular weight is 204 g/mol. The molecule has 1 N–H and O–H groups in total. The maximum absolute atomic E-state index is 10.6. The smallest absolute Gasteiger partial charge is 0.328 e. The summed E-state index contributed by atoms with van der Waals surface area (Å²) >= 11 is 0. The lowest BCUT2D eigenvalue weighted by Crippen LogP contribution is -1.91. The lowest BCUT2D eigenvalue weighted by Gasteiger charge is -1.98. The van der Waals surface area contributed by atoms with Gasteiger partial charge in [-0.25, -0.2) is 4.79 Å². The first kappa shape index (κ1) is 10.8. The van der Waals surface area contributed by atoms with Crippen molar-refractivity contribution >= 4 is 24.6 Å². The second-order valence-corrected chi connectivity index (χ2v) is 2.80. The van der Waals surface area contributed by atoms with E-state index in [1.54, 1.807) is 6.07 Å².